The molecular formula is C78H106O4S8. The highest BCUT2D eigenvalue weighted by atomic mass is 32.1. The predicted molar refractivity (Wildman–Crippen MR) is 401 cm³/mol. The molecule has 2 aliphatic heterocycles. The van der Waals surface area contributed by atoms with Crippen molar-refractivity contribution in [2.75, 3.05) is 26.4 Å². The molecule has 0 amide bonds. The van der Waals surface area contributed by atoms with Crippen LogP contribution in [0.4, 0.5) is 0 Å². The Morgan fingerprint density at radius 1 is 0.256 bits per heavy atom. The van der Waals surface area contributed by atoms with E-state index in [1.165, 1.54) is 264 Å². The van der Waals surface area contributed by atoms with E-state index >= 15 is 0 Å². The van der Waals surface area contributed by atoms with Gasteiger partial charge in [0.15, 0.2) is 0 Å². The van der Waals surface area contributed by atoms with E-state index in [9.17, 15) is 0 Å². The molecule has 2 saturated heterocycles. The third-order valence-corrected chi connectivity index (χ3v) is 29.2. The maximum atomic E-state index is 6.64. The second kappa shape index (κ2) is 37.7. The van der Waals surface area contributed by atoms with Crippen LogP contribution in [0.15, 0.2) is 97.1 Å². The normalized spacial score (nSPS) is 15.5. The molecule has 4 nitrogen and oxygen atoms in total. The minimum absolute atomic E-state index is 0.569. The zero-order chi connectivity index (χ0) is 62.1. The summed E-state index contributed by atoms with van der Waals surface area (Å²) in [4.78, 5) is 21.5. The van der Waals surface area contributed by atoms with Crippen molar-refractivity contribution in [2.24, 2.45) is 0 Å². The van der Waals surface area contributed by atoms with Crippen molar-refractivity contribution in [2.45, 2.75) is 269 Å². The van der Waals surface area contributed by atoms with Crippen molar-refractivity contribution in [1.29, 1.82) is 0 Å². The van der Waals surface area contributed by atoms with E-state index in [0.717, 1.165) is 9.75 Å². The minimum Gasteiger partial charge on any atom is -0.343 e. The SMILES string of the molecule is CCCCCCCCCCC(CCCCCCCC)c1ccc(-c2ccc(-c3ccc(-c4ccc(C5(CCC6(c7ccc(-c8ccc(-c9ccc(-c%10ccc(C(CCCCCCCC)CCCCCCCCCC)s%10)s9)s8)s7)OCCO6)OCCO5)s4)s3)s2)s1. The van der Waals surface area contributed by atoms with Crippen molar-refractivity contribution < 1.29 is 18.9 Å². The van der Waals surface area contributed by atoms with Crippen LogP contribution in [-0.2, 0) is 30.5 Å². The van der Waals surface area contributed by atoms with E-state index in [0.29, 0.717) is 51.1 Å². The van der Waals surface area contributed by atoms with Gasteiger partial charge in [0.1, 0.15) is 0 Å². The largest absolute Gasteiger partial charge is 0.343 e. The fraction of sp³-hybridized carbons (Fsp3) is 0.590. The summed E-state index contributed by atoms with van der Waals surface area (Å²) in [5.74, 6) is -0.297. The zero-order valence-corrected chi connectivity index (χ0v) is 61.7. The molecule has 12 heteroatoms. The van der Waals surface area contributed by atoms with Crippen LogP contribution in [0.2, 0.25) is 0 Å². The summed E-state index contributed by atoms with van der Waals surface area (Å²) in [7, 11) is 0. The van der Waals surface area contributed by atoms with E-state index < -0.39 is 11.6 Å². The summed E-state index contributed by atoms with van der Waals surface area (Å²) in [6.45, 7) is 11.5. The van der Waals surface area contributed by atoms with Crippen molar-refractivity contribution >= 4 is 90.7 Å². The molecule has 2 aliphatic rings. The number of ether oxygens (including phenoxy) is 4. The third kappa shape index (κ3) is 20.0. The average Bonchev–Trinajstić information content (AvgIpc) is 1.78. The van der Waals surface area contributed by atoms with Crippen LogP contribution in [0.1, 0.15) is 277 Å². The van der Waals surface area contributed by atoms with Gasteiger partial charge in [0, 0.05) is 81.1 Å². The Morgan fingerprint density at radius 3 is 0.733 bits per heavy atom. The standard InChI is InChI=1S/C78H106O4S8/c1-5-9-13-17-21-23-27-31-35-59(33-29-25-19-15-11-7-3)61-37-39-63(83-61)65-41-43-67(85-65)69-45-47-71(87-69)73-49-51-75(89-73)77(79-55-56-80-77)53-54-78(81-57-58-82-78)76-52-50-74(90-76)72-48-46-70(88-72)68-44-42-66(86-68)64-40-38-62(84-64)60(34-30-26-20-16-12-8-4)36-32-28-24-22-18-14-10-6-2/h37-52,59-60H,5-36,53-58H2,1-4H3. The molecule has 0 bridgehead atoms. The van der Waals surface area contributed by atoms with Gasteiger partial charge in [-0.15, -0.1) is 90.7 Å². The molecular weight excluding hydrogens is 1260 g/mol. The van der Waals surface area contributed by atoms with Crippen LogP contribution < -0.4 is 0 Å². The van der Waals surface area contributed by atoms with Gasteiger partial charge in [-0.05, 0) is 135 Å². The number of hydrogen-bond acceptors (Lipinski definition) is 12. The molecule has 2 unspecified atom stereocenters. The quantitative estimate of drug-likeness (QED) is 0.0357. The highest BCUT2D eigenvalue weighted by Crippen LogP contribution is 2.52. The first-order valence-corrected chi connectivity index (χ1v) is 42.3. The van der Waals surface area contributed by atoms with Gasteiger partial charge < -0.3 is 18.9 Å². The van der Waals surface area contributed by atoms with Gasteiger partial charge >= 0.3 is 0 Å². The summed E-state index contributed by atoms with van der Waals surface area (Å²) < 4.78 is 26.6. The first-order chi connectivity index (χ1) is 44.4. The molecule has 0 saturated carbocycles. The van der Waals surface area contributed by atoms with Crippen LogP contribution in [0.25, 0.3) is 58.5 Å². The Labute approximate surface area is 575 Å². The number of thiophene rings is 8. The van der Waals surface area contributed by atoms with Crippen LogP contribution in [0.3, 0.4) is 0 Å². The first kappa shape index (κ1) is 70.2. The van der Waals surface area contributed by atoms with Crippen molar-refractivity contribution in [3.05, 3.63) is 117 Å². The maximum absolute atomic E-state index is 6.64. The molecule has 0 N–H and O–H groups in total. The summed E-state index contributed by atoms with van der Waals surface area (Å²) in [6, 6.07) is 37.5. The molecule has 2 fully saturated rings. The second-order valence-corrected chi connectivity index (χ2v) is 34.6. The maximum Gasteiger partial charge on any atom is 0.204 e. The van der Waals surface area contributed by atoms with Crippen molar-refractivity contribution in [3.63, 3.8) is 0 Å². The fourth-order valence-electron chi connectivity index (χ4n) is 13.5. The molecule has 0 radical (unpaired) electrons. The summed E-state index contributed by atoms with van der Waals surface area (Å²) in [6.07, 6.45) is 45.3. The Morgan fingerprint density at radius 2 is 0.467 bits per heavy atom. The van der Waals surface area contributed by atoms with Crippen LogP contribution in [0.5, 0.6) is 0 Å². The van der Waals surface area contributed by atoms with Gasteiger partial charge in [-0.3, -0.25) is 0 Å². The van der Waals surface area contributed by atoms with Crippen LogP contribution >= 0.6 is 90.7 Å². The third-order valence-electron chi connectivity index (χ3n) is 18.8. The van der Waals surface area contributed by atoms with Crippen molar-refractivity contribution in [3.8, 4) is 58.5 Å². The molecule has 8 aromatic heterocycles. The monoisotopic (exact) mass is 1360 g/mol. The number of rotatable bonds is 45. The van der Waals surface area contributed by atoms with Crippen LogP contribution in [0, 0.1) is 0 Å². The molecule has 0 aromatic carbocycles. The average molecular weight is 1360 g/mol. The molecule has 10 heterocycles. The van der Waals surface area contributed by atoms with Crippen LogP contribution in [-0.4, -0.2) is 26.4 Å². The molecule has 0 spiro atoms. The van der Waals surface area contributed by atoms with Crippen molar-refractivity contribution in [1.82, 2.24) is 0 Å². The van der Waals surface area contributed by atoms with Gasteiger partial charge in [-0.1, -0.05) is 207 Å². The lowest BCUT2D eigenvalue weighted by Gasteiger charge is -2.32. The smallest absolute Gasteiger partial charge is 0.204 e. The highest BCUT2D eigenvalue weighted by molar-refractivity contribution is 7.29. The minimum atomic E-state index is -0.843. The van der Waals surface area contributed by atoms with Gasteiger partial charge in [0.2, 0.25) is 11.6 Å². The first-order valence-electron chi connectivity index (χ1n) is 35.8. The Kier molecular flexibility index (Phi) is 29.4. The summed E-state index contributed by atoms with van der Waals surface area (Å²) in [5.41, 5.74) is 0. The Hall–Kier alpha value is -2.56. The van der Waals surface area contributed by atoms with E-state index in [1.807, 2.05) is 45.3 Å². The van der Waals surface area contributed by atoms with Gasteiger partial charge in [0.05, 0.1) is 36.2 Å². The van der Waals surface area contributed by atoms with E-state index in [4.69, 9.17) is 18.9 Å². The molecule has 490 valence electrons. The van der Waals surface area contributed by atoms with Gasteiger partial charge in [-0.2, -0.15) is 0 Å². The summed E-state index contributed by atoms with van der Waals surface area (Å²) >= 11 is 15.4. The zero-order valence-electron chi connectivity index (χ0n) is 55.2. The molecule has 8 aromatic rings. The second-order valence-electron chi connectivity index (χ2n) is 25.8. The highest BCUT2D eigenvalue weighted by Gasteiger charge is 2.47. The predicted octanol–water partition coefficient (Wildman–Crippen LogP) is 28.8. The summed E-state index contributed by atoms with van der Waals surface area (Å²) in [5, 5.41) is 0. The van der Waals surface area contributed by atoms with E-state index in [1.54, 1.807) is 32.4 Å². The lowest BCUT2D eigenvalue weighted by atomic mass is 9.93. The fourth-order valence-corrected chi connectivity index (χ4v) is 22.7. The Balaban J connectivity index is 0.745. The lowest BCUT2D eigenvalue weighted by Crippen LogP contribution is -2.33. The number of unbranched alkanes of at least 4 members (excludes halogenated alkanes) is 24. The number of hydrogen-bond donors (Lipinski definition) is 0. The van der Waals surface area contributed by atoms with Gasteiger partial charge in [0.25, 0.3) is 0 Å². The molecule has 2 atom stereocenters. The lowest BCUT2D eigenvalue weighted by molar-refractivity contribution is -0.211. The Bertz CT molecular complexity index is 3020. The molecule has 10 rings (SSSR count). The van der Waals surface area contributed by atoms with E-state index in [2.05, 4.69) is 147 Å². The molecule has 0 aliphatic carbocycles. The van der Waals surface area contributed by atoms with Gasteiger partial charge in [-0.25, -0.2) is 0 Å². The topological polar surface area (TPSA) is 36.9 Å². The van der Waals surface area contributed by atoms with E-state index in [-0.39, 0.29) is 0 Å². The molecule has 90 heavy (non-hydrogen) atoms.